The molecule has 3 rings (SSSR count). The van der Waals surface area contributed by atoms with Crippen LogP contribution in [0.2, 0.25) is 5.02 Å². The summed E-state index contributed by atoms with van der Waals surface area (Å²) < 4.78 is 7.42. The van der Waals surface area contributed by atoms with Gasteiger partial charge >= 0.3 is 0 Å². The highest BCUT2D eigenvalue weighted by Crippen LogP contribution is 2.17. The first-order valence-corrected chi connectivity index (χ1v) is 8.29. The van der Waals surface area contributed by atoms with Gasteiger partial charge in [0.1, 0.15) is 12.3 Å². The Kier molecular flexibility index (Phi) is 5.34. The summed E-state index contributed by atoms with van der Waals surface area (Å²) in [5.74, 6) is 0.00527. The molecule has 0 atom stereocenters. The van der Waals surface area contributed by atoms with Crippen molar-refractivity contribution in [1.82, 2.24) is 15.1 Å². The zero-order valence-corrected chi connectivity index (χ0v) is 14.8. The van der Waals surface area contributed by atoms with E-state index in [1.54, 1.807) is 41.2 Å². The van der Waals surface area contributed by atoms with Crippen LogP contribution in [0.15, 0.2) is 60.8 Å². The second-order valence-corrected chi connectivity index (χ2v) is 5.91. The van der Waals surface area contributed by atoms with Crippen LogP contribution >= 0.6 is 11.6 Å². The van der Waals surface area contributed by atoms with Crippen LogP contribution < -0.4 is 10.1 Å². The SMILES string of the molecule is CNC(=O)C(=N)c1ccccc1COc1ccn(-c2ccc(Cl)cc2)n1. The van der Waals surface area contributed by atoms with Crippen LogP contribution in [-0.4, -0.2) is 28.4 Å². The maximum absolute atomic E-state index is 11.7. The van der Waals surface area contributed by atoms with Gasteiger partial charge in [0, 0.05) is 29.9 Å². The molecule has 132 valence electrons. The van der Waals surface area contributed by atoms with E-state index in [1.165, 1.54) is 7.05 Å². The third kappa shape index (κ3) is 3.92. The number of aromatic nitrogens is 2. The highest BCUT2D eigenvalue weighted by molar-refractivity contribution is 6.44. The number of ether oxygens (including phenoxy) is 1. The predicted octanol–water partition coefficient (Wildman–Crippen LogP) is 3.22. The molecule has 0 spiro atoms. The Bertz CT molecular complexity index is 935. The third-order valence-corrected chi connectivity index (χ3v) is 4.02. The first-order valence-electron chi connectivity index (χ1n) is 7.92. The molecule has 26 heavy (non-hydrogen) atoms. The summed E-state index contributed by atoms with van der Waals surface area (Å²) in [5.41, 5.74) is 2.04. The number of benzene rings is 2. The van der Waals surface area contributed by atoms with E-state index in [2.05, 4.69) is 10.4 Å². The van der Waals surface area contributed by atoms with Crippen molar-refractivity contribution in [2.24, 2.45) is 0 Å². The molecule has 0 radical (unpaired) electrons. The molecule has 3 aromatic rings. The second-order valence-electron chi connectivity index (χ2n) is 5.47. The number of amides is 1. The predicted molar refractivity (Wildman–Crippen MR) is 100 cm³/mol. The van der Waals surface area contributed by atoms with Crippen LogP contribution in [0.4, 0.5) is 0 Å². The van der Waals surface area contributed by atoms with E-state index >= 15 is 0 Å². The molecule has 0 fully saturated rings. The Labute approximate surface area is 155 Å². The van der Waals surface area contributed by atoms with Crippen LogP contribution in [0.1, 0.15) is 11.1 Å². The highest BCUT2D eigenvalue weighted by Gasteiger charge is 2.14. The van der Waals surface area contributed by atoms with Gasteiger partial charge in [-0.3, -0.25) is 10.2 Å². The smallest absolute Gasteiger partial charge is 0.269 e. The number of carbonyl (C=O) groups excluding carboxylic acids is 1. The van der Waals surface area contributed by atoms with Gasteiger partial charge in [0.2, 0.25) is 5.88 Å². The molecule has 1 aromatic heterocycles. The normalized spacial score (nSPS) is 10.4. The molecule has 6 nitrogen and oxygen atoms in total. The lowest BCUT2D eigenvalue weighted by molar-refractivity contribution is -0.114. The van der Waals surface area contributed by atoms with Crippen molar-refractivity contribution in [1.29, 1.82) is 5.41 Å². The molecule has 2 N–H and O–H groups in total. The van der Waals surface area contributed by atoms with Crippen LogP contribution in [0.3, 0.4) is 0 Å². The number of hydrogen-bond acceptors (Lipinski definition) is 4. The molecular formula is C19H17ClN4O2. The van der Waals surface area contributed by atoms with Crippen molar-refractivity contribution in [2.45, 2.75) is 6.61 Å². The Morgan fingerprint density at radius 3 is 2.65 bits per heavy atom. The van der Waals surface area contributed by atoms with Gasteiger partial charge in [-0.05, 0) is 29.8 Å². The summed E-state index contributed by atoms with van der Waals surface area (Å²) in [4.78, 5) is 11.7. The highest BCUT2D eigenvalue weighted by atomic mass is 35.5. The Balaban J connectivity index is 1.73. The zero-order chi connectivity index (χ0) is 18.5. The van der Waals surface area contributed by atoms with E-state index in [9.17, 15) is 4.79 Å². The topological polar surface area (TPSA) is 80.0 Å². The third-order valence-electron chi connectivity index (χ3n) is 3.77. The maximum atomic E-state index is 11.7. The lowest BCUT2D eigenvalue weighted by Gasteiger charge is -2.10. The van der Waals surface area contributed by atoms with Crippen molar-refractivity contribution in [3.63, 3.8) is 0 Å². The molecule has 0 saturated heterocycles. The second kappa shape index (κ2) is 7.84. The van der Waals surface area contributed by atoms with Gasteiger partial charge in [-0.1, -0.05) is 35.9 Å². The summed E-state index contributed by atoms with van der Waals surface area (Å²) in [5, 5.41) is 15.5. The quantitative estimate of drug-likeness (QED) is 0.655. The summed E-state index contributed by atoms with van der Waals surface area (Å²) in [6.45, 7) is 0.202. The van der Waals surface area contributed by atoms with Crippen molar-refractivity contribution in [2.75, 3.05) is 7.05 Å². The number of nitrogens with zero attached hydrogens (tertiary/aromatic N) is 2. The molecule has 0 aliphatic carbocycles. The minimum atomic E-state index is -0.440. The van der Waals surface area contributed by atoms with Gasteiger partial charge in [0.25, 0.3) is 5.91 Å². The summed E-state index contributed by atoms with van der Waals surface area (Å²) in [6.07, 6.45) is 1.79. The molecular weight excluding hydrogens is 352 g/mol. The number of hydrogen-bond donors (Lipinski definition) is 2. The number of nitrogens with one attached hydrogen (secondary N) is 2. The maximum Gasteiger partial charge on any atom is 0.269 e. The summed E-state index contributed by atoms with van der Waals surface area (Å²) in [6, 6.07) is 16.2. The molecule has 0 aliphatic heterocycles. The number of likely N-dealkylation sites (N-methyl/N-ethyl adjacent to an activating group) is 1. The molecule has 0 unspecified atom stereocenters. The number of halogens is 1. The molecule has 7 heteroatoms. The average Bonchev–Trinajstić information content (AvgIpc) is 3.15. The number of rotatable bonds is 6. The molecule has 1 heterocycles. The minimum Gasteiger partial charge on any atom is -0.472 e. The summed E-state index contributed by atoms with van der Waals surface area (Å²) >= 11 is 5.89. The first-order chi connectivity index (χ1) is 12.6. The minimum absolute atomic E-state index is 0.0987. The fraction of sp³-hybridized carbons (Fsp3) is 0.105. The largest absolute Gasteiger partial charge is 0.472 e. The molecule has 0 aliphatic rings. The van der Waals surface area contributed by atoms with E-state index in [0.29, 0.717) is 16.5 Å². The van der Waals surface area contributed by atoms with Crippen LogP contribution in [0.5, 0.6) is 5.88 Å². The van der Waals surface area contributed by atoms with E-state index in [0.717, 1.165) is 11.3 Å². The first kappa shape index (κ1) is 17.7. The van der Waals surface area contributed by atoms with Crippen LogP contribution in [0, 0.1) is 5.41 Å². The molecule has 0 saturated carbocycles. The number of carbonyl (C=O) groups is 1. The van der Waals surface area contributed by atoms with E-state index in [1.807, 2.05) is 24.3 Å². The standard InChI is InChI=1S/C19H17ClN4O2/c1-22-19(25)18(21)16-5-3-2-4-13(16)12-26-17-10-11-24(23-17)15-8-6-14(20)7-9-15/h2-11,21H,12H2,1H3,(H,22,25). The van der Waals surface area contributed by atoms with Crippen molar-refractivity contribution in [3.05, 3.63) is 76.9 Å². The van der Waals surface area contributed by atoms with E-state index in [4.69, 9.17) is 21.7 Å². The van der Waals surface area contributed by atoms with Gasteiger partial charge in [-0.2, -0.15) is 0 Å². The van der Waals surface area contributed by atoms with Crippen molar-refractivity contribution >= 4 is 23.2 Å². The van der Waals surface area contributed by atoms with Gasteiger partial charge < -0.3 is 10.1 Å². The molecule has 2 aromatic carbocycles. The van der Waals surface area contributed by atoms with Crippen LogP contribution in [0.25, 0.3) is 5.69 Å². The van der Waals surface area contributed by atoms with Gasteiger partial charge in [-0.15, -0.1) is 5.10 Å². The van der Waals surface area contributed by atoms with E-state index < -0.39 is 5.91 Å². The zero-order valence-electron chi connectivity index (χ0n) is 14.1. The van der Waals surface area contributed by atoms with Crippen molar-refractivity contribution in [3.8, 4) is 11.6 Å². The van der Waals surface area contributed by atoms with E-state index in [-0.39, 0.29) is 12.3 Å². The Morgan fingerprint density at radius 1 is 1.19 bits per heavy atom. The molecule has 0 bridgehead atoms. The van der Waals surface area contributed by atoms with Gasteiger partial charge in [0.15, 0.2) is 0 Å². The molecule has 1 amide bonds. The van der Waals surface area contributed by atoms with Crippen LogP contribution in [-0.2, 0) is 11.4 Å². The average molecular weight is 369 g/mol. The monoisotopic (exact) mass is 368 g/mol. The fourth-order valence-corrected chi connectivity index (χ4v) is 2.54. The lowest BCUT2D eigenvalue weighted by atomic mass is 10.0. The van der Waals surface area contributed by atoms with Gasteiger partial charge in [-0.25, -0.2) is 4.68 Å². The van der Waals surface area contributed by atoms with Gasteiger partial charge in [0.05, 0.1) is 5.69 Å². The lowest BCUT2D eigenvalue weighted by Crippen LogP contribution is -2.28. The van der Waals surface area contributed by atoms with Crippen molar-refractivity contribution < 1.29 is 9.53 Å². The fourth-order valence-electron chi connectivity index (χ4n) is 2.41. The summed E-state index contributed by atoms with van der Waals surface area (Å²) in [7, 11) is 1.50. The Morgan fingerprint density at radius 2 is 1.92 bits per heavy atom. The Hall–Kier alpha value is -3.12.